The molecular formula is C8H12N2O. The molecule has 1 heterocycles. The van der Waals surface area contributed by atoms with E-state index in [-0.39, 0.29) is 11.8 Å². The Kier molecular flexibility index (Phi) is 2.08. The molecule has 0 aromatic rings. The maximum Gasteiger partial charge on any atom is 0.254 e. The van der Waals surface area contributed by atoms with Crippen LogP contribution in [0.3, 0.4) is 0 Å². The van der Waals surface area contributed by atoms with Crippen LogP contribution in [0.4, 0.5) is 0 Å². The van der Waals surface area contributed by atoms with E-state index in [2.05, 4.69) is 4.99 Å². The standard InChI is InChI=1S/C8H12N2O/c1-5(2)6-3-4-7(9)10-8(6)11/h3-6H,1-2H3,(H2,9,10,11). The van der Waals surface area contributed by atoms with Gasteiger partial charge in [-0.15, -0.1) is 0 Å². The van der Waals surface area contributed by atoms with Gasteiger partial charge in [-0.2, -0.15) is 4.99 Å². The van der Waals surface area contributed by atoms with Crippen molar-refractivity contribution in [3.8, 4) is 0 Å². The fourth-order valence-corrected chi connectivity index (χ4v) is 1.03. The van der Waals surface area contributed by atoms with Crippen LogP contribution in [-0.4, -0.2) is 11.7 Å². The van der Waals surface area contributed by atoms with E-state index in [0.29, 0.717) is 11.8 Å². The third-order valence-corrected chi connectivity index (χ3v) is 1.72. The Labute approximate surface area is 66.0 Å². The summed E-state index contributed by atoms with van der Waals surface area (Å²) >= 11 is 0. The predicted molar refractivity (Wildman–Crippen MR) is 44.1 cm³/mol. The van der Waals surface area contributed by atoms with Crippen LogP contribution in [0.5, 0.6) is 0 Å². The maximum absolute atomic E-state index is 11.1. The Morgan fingerprint density at radius 3 is 2.73 bits per heavy atom. The zero-order valence-corrected chi connectivity index (χ0v) is 6.74. The summed E-state index contributed by atoms with van der Waals surface area (Å²) in [4.78, 5) is 14.8. The first kappa shape index (κ1) is 7.98. The molecule has 0 aliphatic carbocycles. The minimum Gasteiger partial charge on any atom is -0.384 e. The quantitative estimate of drug-likeness (QED) is 0.601. The molecule has 1 unspecified atom stereocenters. The Hall–Kier alpha value is -1.12. The van der Waals surface area contributed by atoms with Crippen LogP contribution in [0.15, 0.2) is 17.1 Å². The molecule has 1 atom stereocenters. The highest BCUT2D eigenvalue weighted by Crippen LogP contribution is 2.16. The van der Waals surface area contributed by atoms with Crippen molar-refractivity contribution in [3.05, 3.63) is 12.2 Å². The SMILES string of the molecule is CC(C)C1C=CC(N)=NC1=O. The number of amidine groups is 1. The van der Waals surface area contributed by atoms with Gasteiger partial charge in [-0.3, -0.25) is 4.79 Å². The van der Waals surface area contributed by atoms with Crippen molar-refractivity contribution in [3.63, 3.8) is 0 Å². The molecule has 0 aromatic heterocycles. The summed E-state index contributed by atoms with van der Waals surface area (Å²) in [5, 5.41) is 0. The molecule has 0 aromatic carbocycles. The normalized spacial score (nSPS) is 24.1. The van der Waals surface area contributed by atoms with Gasteiger partial charge in [0.25, 0.3) is 5.91 Å². The molecule has 60 valence electrons. The van der Waals surface area contributed by atoms with E-state index in [1.807, 2.05) is 19.9 Å². The Morgan fingerprint density at radius 1 is 1.64 bits per heavy atom. The average molecular weight is 152 g/mol. The number of hydrogen-bond donors (Lipinski definition) is 1. The van der Waals surface area contributed by atoms with Gasteiger partial charge in [0.1, 0.15) is 5.84 Å². The van der Waals surface area contributed by atoms with E-state index in [9.17, 15) is 4.79 Å². The molecule has 2 N–H and O–H groups in total. The van der Waals surface area contributed by atoms with Crippen LogP contribution >= 0.6 is 0 Å². The van der Waals surface area contributed by atoms with E-state index in [1.165, 1.54) is 0 Å². The van der Waals surface area contributed by atoms with Crippen molar-refractivity contribution in [2.75, 3.05) is 0 Å². The number of carbonyl (C=O) groups is 1. The number of nitrogens with zero attached hydrogens (tertiary/aromatic N) is 1. The molecule has 3 nitrogen and oxygen atoms in total. The summed E-state index contributed by atoms with van der Waals surface area (Å²) in [6.07, 6.45) is 3.50. The lowest BCUT2D eigenvalue weighted by Gasteiger charge is -2.15. The second kappa shape index (κ2) is 2.86. The molecular weight excluding hydrogens is 140 g/mol. The molecule has 0 bridgehead atoms. The van der Waals surface area contributed by atoms with Crippen molar-refractivity contribution >= 4 is 11.7 Å². The first-order chi connectivity index (χ1) is 5.11. The zero-order valence-electron chi connectivity index (χ0n) is 6.74. The highest BCUT2D eigenvalue weighted by molar-refractivity contribution is 6.03. The number of aliphatic imine (C=N–C) groups is 1. The first-order valence-corrected chi connectivity index (χ1v) is 3.67. The largest absolute Gasteiger partial charge is 0.384 e. The van der Waals surface area contributed by atoms with Crippen molar-refractivity contribution in [1.29, 1.82) is 0 Å². The van der Waals surface area contributed by atoms with Gasteiger partial charge >= 0.3 is 0 Å². The predicted octanol–water partition coefficient (Wildman–Crippen LogP) is 0.712. The number of dihydropyridines is 1. The number of carbonyl (C=O) groups excluding carboxylic acids is 1. The summed E-state index contributed by atoms with van der Waals surface area (Å²) < 4.78 is 0. The van der Waals surface area contributed by atoms with Gasteiger partial charge in [-0.05, 0) is 12.0 Å². The van der Waals surface area contributed by atoms with Gasteiger partial charge in [0.2, 0.25) is 0 Å². The van der Waals surface area contributed by atoms with Gasteiger partial charge in [-0.25, -0.2) is 0 Å². The van der Waals surface area contributed by atoms with E-state index in [4.69, 9.17) is 5.73 Å². The van der Waals surface area contributed by atoms with Crippen LogP contribution in [0.1, 0.15) is 13.8 Å². The Morgan fingerprint density at radius 2 is 2.27 bits per heavy atom. The highest BCUT2D eigenvalue weighted by atomic mass is 16.1. The van der Waals surface area contributed by atoms with E-state index in [1.54, 1.807) is 6.08 Å². The van der Waals surface area contributed by atoms with Crippen molar-refractivity contribution in [2.45, 2.75) is 13.8 Å². The molecule has 0 fully saturated rings. The number of hydrogen-bond acceptors (Lipinski definition) is 2. The Bertz CT molecular complexity index is 228. The van der Waals surface area contributed by atoms with Crippen LogP contribution in [0.2, 0.25) is 0 Å². The van der Waals surface area contributed by atoms with Crippen molar-refractivity contribution in [1.82, 2.24) is 0 Å². The summed E-state index contributed by atoms with van der Waals surface area (Å²) in [6.45, 7) is 3.98. The number of nitrogens with two attached hydrogens (primary N) is 1. The summed E-state index contributed by atoms with van der Waals surface area (Å²) in [7, 11) is 0. The molecule has 0 saturated carbocycles. The molecule has 11 heavy (non-hydrogen) atoms. The van der Waals surface area contributed by atoms with Gasteiger partial charge in [0.15, 0.2) is 0 Å². The monoisotopic (exact) mass is 152 g/mol. The molecule has 1 amide bonds. The highest BCUT2D eigenvalue weighted by Gasteiger charge is 2.21. The van der Waals surface area contributed by atoms with E-state index >= 15 is 0 Å². The lowest BCUT2D eigenvalue weighted by atomic mass is 9.93. The number of amides is 1. The van der Waals surface area contributed by atoms with E-state index < -0.39 is 0 Å². The topological polar surface area (TPSA) is 55.4 Å². The number of rotatable bonds is 1. The molecule has 0 radical (unpaired) electrons. The molecule has 0 spiro atoms. The lowest BCUT2D eigenvalue weighted by molar-refractivity contribution is -0.121. The van der Waals surface area contributed by atoms with Gasteiger partial charge in [0.05, 0.1) is 5.92 Å². The van der Waals surface area contributed by atoms with Crippen LogP contribution < -0.4 is 5.73 Å². The Balaban J connectivity index is 2.77. The minimum absolute atomic E-state index is 0.0812. The van der Waals surface area contributed by atoms with Gasteiger partial charge < -0.3 is 5.73 Å². The van der Waals surface area contributed by atoms with Gasteiger partial charge in [0, 0.05) is 0 Å². The van der Waals surface area contributed by atoms with Gasteiger partial charge in [-0.1, -0.05) is 19.9 Å². The fraction of sp³-hybridized carbons (Fsp3) is 0.500. The van der Waals surface area contributed by atoms with Crippen LogP contribution in [0, 0.1) is 11.8 Å². The molecule has 1 aliphatic heterocycles. The third kappa shape index (κ3) is 1.67. The molecule has 0 saturated heterocycles. The summed E-state index contributed by atoms with van der Waals surface area (Å²) in [5.74, 6) is 0.407. The smallest absolute Gasteiger partial charge is 0.254 e. The first-order valence-electron chi connectivity index (χ1n) is 3.67. The lowest BCUT2D eigenvalue weighted by Crippen LogP contribution is -2.24. The van der Waals surface area contributed by atoms with Crippen LogP contribution in [0.25, 0.3) is 0 Å². The van der Waals surface area contributed by atoms with Crippen molar-refractivity contribution < 1.29 is 4.79 Å². The van der Waals surface area contributed by atoms with Crippen LogP contribution in [-0.2, 0) is 4.79 Å². The van der Waals surface area contributed by atoms with E-state index in [0.717, 1.165) is 0 Å². The second-order valence-electron chi connectivity index (χ2n) is 3.00. The molecule has 1 rings (SSSR count). The third-order valence-electron chi connectivity index (χ3n) is 1.72. The maximum atomic E-state index is 11.1. The molecule has 3 heteroatoms. The van der Waals surface area contributed by atoms with Crippen molar-refractivity contribution in [2.24, 2.45) is 22.6 Å². The molecule has 1 aliphatic rings. The summed E-state index contributed by atoms with van der Waals surface area (Å²) in [5.41, 5.74) is 5.33. The average Bonchev–Trinajstić information content (AvgIpc) is 1.85. The second-order valence-corrected chi connectivity index (χ2v) is 3.00. The minimum atomic E-state index is -0.125. The zero-order chi connectivity index (χ0) is 8.43. The summed E-state index contributed by atoms with van der Waals surface area (Å²) in [6, 6.07) is 0. The fourth-order valence-electron chi connectivity index (χ4n) is 1.03.